The summed E-state index contributed by atoms with van der Waals surface area (Å²) >= 11 is 3.28. The van der Waals surface area contributed by atoms with E-state index >= 15 is 0 Å². The summed E-state index contributed by atoms with van der Waals surface area (Å²) in [6.45, 7) is -1.22. The van der Waals surface area contributed by atoms with E-state index in [1.54, 1.807) is 18.2 Å². The third-order valence-corrected chi connectivity index (χ3v) is 4.13. The summed E-state index contributed by atoms with van der Waals surface area (Å²) in [6.07, 6.45) is 3.04. The lowest BCUT2D eigenvalue weighted by atomic mass is 10.1. The number of nitrogens with zero attached hydrogens (tertiary/aromatic N) is 4. The van der Waals surface area contributed by atoms with E-state index in [-0.39, 0.29) is 23.6 Å². The van der Waals surface area contributed by atoms with Crippen LogP contribution in [0, 0.1) is 0 Å². The van der Waals surface area contributed by atoms with Gasteiger partial charge in [0.2, 0.25) is 11.9 Å². The average molecular weight is 424 g/mol. The number of carbonyl (C=O) groups excluding carboxylic acids is 1. The number of aromatic nitrogens is 4. The zero-order valence-electron chi connectivity index (χ0n) is 12.7. The first kappa shape index (κ1) is 17.6. The molecule has 1 unspecified atom stereocenters. The Morgan fingerprint density at radius 1 is 1.28 bits per heavy atom. The number of hydrogen-bond acceptors (Lipinski definition) is 5. The van der Waals surface area contributed by atoms with Crippen LogP contribution in [0.3, 0.4) is 0 Å². The Labute approximate surface area is 152 Å². The van der Waals surface area contributed by atoms with E-state index in [1.807, 2.05) is 0 Å². The monoisotopic (exact) mass is 423 g/mol. The number of halogens is 2. The van der Waals surface area contributed by atoms with Gasteiger partial charge in [-0.3, -0.25) is 14.9 Å². The van der Waals surface area contributed by atoms with E-state index in [4.69, 9.17) is 0 Å². The van der Waals surface area contributed by atoms with Crippen LogP contribution in [0.4, 0.5) is 10.3 Å². The number of carbonyl (C=O) groups is 1. The molecule has 0 saturated heterocycles. The Balaban J connectivity index is 1.92. The Morgan fingerprint density at radius 2 is 2.00 bits per heavy atom. The molecule has 1 amide bonds. The van der Waals surface area contributed by atoms with Gasteiger partial charge in [0, 0.05) is 27.6 Å². The second-order valence-electron chi connectivity index (χ2n) is 5.12. The topological polar surface area (TPSA) is 89.8 Å². The van der Waals surface area contributed by atoms with Crippen molar-refractivity contribution in [3.8, 4) is 0 Å². The van der Waals surface area contributed by atoms with Crippen LogP contribution < -0.4 is 16.2 Å². The predicted molar refractivity (Wildman–Crippen MR) is 98.5 cm³/mol. The van der Waals surface area contributed by atoms with Crippen molar-refractivity contribution >= 4 is 53.1 Å². The second-order valence-corrected chi connectivity index (χ2v) is 6.70. The summed E-state index contributed by atoms with van der Waals surface area (Å²) < 4.78 is 14.9. The SMILES string of the molecule is O=C(Cn1nc(CF)c2ccc(Br)cc2c1=O)Nc1ncc(P)cn1. The van der Waals surface area contributed by atoms with Crippen molar-refractivity contribution in [1.82, 2.24) is 19.7 Å². The molecule has 25 heavy (non-hydrogen) atoms. The third-order valence-electron chi connectivity index (χ3n) is 3.34. The fraction of sp³-hybridized carbons (Fsp3) is 0.133. The van der Waals surface area contributed by atoms with Crippen molar-refractivity contribution in [3.05, 3.63) is 51.1 Å². The van der Waals surface area contributed by atoms with Gasteiger partial charge in [-0.1, -0.05) is 22.0 Å². The third kappa shape index (κ3) is 3.88. The minimum absolute atomic E-state index is 0.0958. The summed E-state index contributed by atoms with van der Waals surface area (Å²) in [5, 5.41) is 7.90. The Kier molecular flexibility index (Phi) is 5.15. The van der Waals surface area contributed by atoms with Gasteiger partial charge in [-0.15, -0.1) is 9.24 Å². The highest BCUT2D eigenvalue weighted by atomic mass is 79.9. The van der Waals surface area contributed by atoms with Crippen LogP contribution in [-0.2, 0) is 18.0 Å². The standard InChI is InChI=1S/C15H12BrFN5O2P/c16-8-1-2-10-11(3-8)14(24)22(21-12(10)4-17)7-13(23)20-15-18-5-9(25)6-19-15/h1-3,5-6H,4,7,25H2,(H,18,19,20,23). The Hall–Kier alpha value is -2.25. The summed E-state index contributed by atoms with van der Waals surface area (Å²) in [7, 11) is 2.43. The molecule has 3 rings (SSSR count). The fourth-order valence-corrected chi connectivity index (χ4v) is 2.75. The normalized spacial score (nSPS) is 10.8. The van der Waals surface area contributed by atoms with Gasteiger partial charge in [-0.25, -0.2) is 19.0 Å². The molecule has 1 N–H and O–H groups in total. The zero-order valence-corrected chi connectivity index (χ0v) is 15.5. The van der Waals surface area contributed by atoms with Crippen molar-refractivity contribution < 1.29 is 9.18 Å². The number of anilines is 1. The summed E-state index contributed by atoms with van der Waals surface area (Å²) in [5.74, 6) is -0.427. The van der Waals surface area contributed by atoms with Crippen molar-refractivity contribution in [2.45, 2.75) is 13.2 Å². The van der Waals surface area contributed by atoms with Gasteiger partial charge < -0.3 is 0 Å². The van der Waals surface area contributed by atoms with E-state index in [9.17, 15) is 14.0 Å². The molecule has 0 radical (unpaired) electrons. The first-order valence-corrected chi connectivity index (χ1v) is 8.47. The van der Waals surface area contributed by atoms with E-state index in [0.717, 1.165) is 9.99 Å². The van der Waals surface area contributed by atoms with Gasteiger partial charge in [-0.05, 0) is 12.1 Å². The van der Waals surface area contributed by atoms with E-state index in [1.165, 1.54) is 12.4 Å². The van der Waals surface area contributed by atoms with Gasteiger partial charge in [-0.2, -0.15) is 5.10 Å². The number of benzene rings is 1. The van der Waals surface area contributed by atoms with Crippen molar-refractivity contribution in [3.63, 3.8) is 0 Å². The van der Waals surface area contributed by atoms with Crippen LogP contribution in [0.5, 0.6) is 0 Å². The number of fused-ring (bicyclic) bond motifs is 1. The molecule has 2 aromatic heterocycles. The molecule has 0 aliphatic heterocycles. The molecule has 0 fully saturated rings. The first-order chi connectivity index (χ1) is 12.0. The average Bonchev–Trinajstić information content (AvgIpc) is 2.59. The zero-order chi connectivity index (χ0) is 18.0. The van der Waals surface area contributed by atoms with Crippen molar-refractivity contribution in [2.24, 2.45) is 0 Å². The minimum atomic E-state index is -0.848. The molecular formula is C15H12BrFN5O2P. The second kappa shape index (κ2) is 7.33. The van der Waals surface area contributed by atoms with Crippen LogP contribution >= 0.6 is 25.2 Å². The molecule has 0 saturated carbocycles. The van der Waals surface area contributed by atoms with Crippen molar-refractivity contribution in [1.29, 1.82) is 0 Å². The number of amides is 1. The lowest BCUT2D eigenvalue weighted by Gasteiger charge is -2.09. The highest BCUT2D eigenvalue weighted by molar-refractivity contribution is 9.10. The van der Waals surface area contributed by atoms with Gasteiger partial charge in [0.15, 0.2) is 0 Å². The maximum absolute atomic E-state index is 13.3. The van der Waals surface area contributed by atoms with Crippen LogP contribution in [-0.4, -0.2) is 25.7 Å². The lowest BCUT2D eigenvalue weighted by Crippen LogP contribution is -2.31. The molecule has 128 valence electrons. The molecule has 3 aromatic rings. The lowest BCUT2D eigenvalue weighted by molar-refractivity contribution is -0.117. The molecule has 10 heteroatoms. The van der Waals surface area contributed by atoms with Gasteiger partial charge in [0.05, 0.1) is 5.39 Å². The summed E-state index contributed by atoms with van der Waals surface area (Å²) in [4.78, 5) is 32.5. The minimum Gasteiger partial charge on any atom is -0.293 e. The maximum Gasteiger partial charge on any atom is 0.275 e. The number of hydrogen-bond donors (Lipinski definition) is 1. The van der Waals surface area contributed by atoms with Gasteiger partial charge in [0.1, 0.15) is 18.9 Å². The predicted octanol–water partition coefficient (Wildman–Crippen LogP) is 1.56. The van der Waals surface area contributed by atoms with Crippen molar-refractivity contribution in [2.75, 3.05) is 5.32 Å². The molecule has 1 aromatic carbocycles. The van der Waals surface area contributed by atoms with Crippen LogP contribution in [0.1, 0.15) is 5.69 Å². The van der Waals surface area contributed by atoms with E-state index < -0.39 is 18.1 Å². The largest absolute Gasteiger partial charge is 0.293 e. The summed E-state index contributed by atoms with van der Waals surface area (Å²) in [5.41, 5.74) is -0.386. The summed E-state index contributed by atoms with van der Waals surface area (Å²) in [6, 6.07) is 4.89. The van der Waals surface area contributed by atoms with E-state index in [0.29, 0.717) is 9.86 Å². The van der Waals surface area contributed by atoms with Crippen LogP contribution in [0.2, 0.25) is 0 Å². The number of rotatable bonds is 4. The Bertz CT molecular complexity index is 1010. The maximum atomic E-state index is 13.3. The molecule has 7 nitrogen and oxygen atoms in total. The highest BCUT2D eigenvalue weighted by Gasteiger charge is 2.14. The highest BCUT2D eigenvalue weighted by Crippen LogP contribution is 2.19. The number of alkyl halides is 1. The fourth-order valence-electron chi connectivity index (χ4n) is 2.24. The van der Waals surface area contributed by atoms with Gasteiger partial charge >= 0.3 is 0 Å². The number of nitrogens with one attached hydrogen (secondary N) is 1. The first-order valence-electron chi connectivity index (χ1n) is 7.10. The van der Waals surface area contributed by atoms with Crippen LogP contribution in [0.25, 0.3) is 10.8 Å². The van der Waals surface area contributed by atoms with Crippen LogP contribution in [0.15, 0.2) is 39.9 Å². The molecular weight excluding hydrogens is 412 g/mol. The molecule has 0 spiro atoms. The molecule has 2 heterocycles. The molecule has 0 aliphatic rings. The molecule has 1 atom stereocenters. The smallest absolute Gasteiger partial charge is 0.275 e. The molecule has 0 aliphatic carbocycles. The van der Waals surface area contributed by atoms with E-state index in [2.05, 4.69) is 45.6 Å². The molecule has 0 bridgehead atoms. The van der Waals surface area contributed by atoms with Gasteiger partial charge in [0.25, 0.3) is 5.56 Å². The Morgan fingerprint density at radius 3 is 2.68 bits per heavy atom. The quantitative estimate of drug-likeness (QED) is 0.643.